The molecule has 0 amide bonds. The molecule has 0 spiro atoms. The third-order valence-electron chi connectivity index (χ3n) is 3.19. The summed E-state index contributed by atoms with van der Waals surface area (Å²) < 4.78 is 5.90. The normalized spacial score (nSPS) is 10.4. The lowest BCUT2D eigenvalue weighted by atomic mass is 10.0. The van der Waals surface area contributed by atoms with Gasteiger partial charge in [-0.2, -0.15) is 0 Å². The minimum atomic E-state index is -0.298. The number of halogens is 1. The van der Waals surface area contributed by atoms with Crippen molar-refractivity contribution in [2.75, 3.05) is 6.61 Å². The highest BCUT2D eigenvalue weighted by Crippen LogP contribution is 2.23. The van der Waals surface area contributed by atoms with Gasteiger partial charge in [-0.25, -0.2) is 4.79 Å². The number of carbonyl (C=O) groups excluding carboxylic acids is 1. The SMILES string of the molecule is CCOC(=O)c1ccc(CCc2cc(Br)ccc2O)cc1. The maximum atomic E-state index is 11.6. The predicted octanol–water partition coefficient (Wildman–Crippen LogP) is 4.12. The number of rotatable bonds is 5. The molecule has 0 aliphatic heterocycles. The van der Waals surface area contributed by atoms with Gasteiger partial charge in [-0.1, -0.05) is 28.1 Å². The van der Waals surface area contributed by atoms with Gasteiger partial charge in [-0.05, 0) is 61.2 Å². The van der Waals surface area contributed by atoms with Crippen LogP contribution in [0.15, 0.2) is 46.9 Å². The number of ether oxygens (including phenoxy) is 1. The lowest BCUT2D eigenvalue weighted by Crippen LogP contribution is -2.04. The fourth-order valence-corrected chi connectivity index (χ4v) is 2.46. The number of phenols is 1. The summed E-state index contributed by atoms with van der Waals surface area (Å²) >= 11 is 3.40. The van der Waals surface area contributed by atoms with E-state index in [1.165, 1.54) is 0 Å². The highest BCUT2D eigenvalue weighted by molar-refractivity contribution is 9.10. The molecule has 2 aromatic rings. The zero-order valence-corrected chi connectivity index (χ0v) is 13.4. The molecule has 0 heterocycles. The van der Waals surface area contributed by atoms with Crippen LogP contribution in [0.3, 0.4) is 0 Å². The molecule has 0 aliphatic rings. The van der Waals surface area contributed by atoms with Gasteiger partial charge in [0.05, 0.1) is 12.2 Å². The van der Waals surface area contributed by atoms with Gasteiger partial charge in [0.1, 0.15) is 5.75 Å². The number of phenolic OH excluding ortho intramolecular Hbond substituents is 1. The molecule has 0 saturated heterocycles. The summed E-state index contributed by atoms with van der Waals surface area (Å²) in [6.07, 6.45) is 1.54. The smallest absolute Gasteiger partial charge is 0.338 e. The van der Waals surface area contributed by atoms with Crippen LogP contribution in [-0.2, 0) is 17.6 Å². The van der Waals surface area contributed by atoms with Gasteiger partial charge in [-0.3, -0.25) is 0 Å². The lowest BCUT2D eigenvalue weighted by molar-refractivity contribution is 0.0526. The van der Waals surface area contributed by atoms with Crippen LogP contribution in [0.25, 0.3) is 0 Å². The average molecular weight is 349 g/mol. The van der Waals surface area contributed by atoms with Crippen molar-refractivity contribution in [2.45, 2.75) is 19.8 Å². The minimum Gasteiger partial charge on any atom is -0.508 e. The number of hydrogen-bond donors (Lipinski definition) is 1. The third-order valence-corrected chi connectivity index (χ3v) is 3.68. The van der Waals surface area contributed by atoms with E-state index in [4.69, 9.17) is 4.74 Å². The van der Waals surface area contributed by atoms with Crippen molar-refractivity contribution < 1.29 is 14.6 Å². The van der Waals surface area contributed by atoms with Crippen molar-refractivity contribution in [3.8, 4) is 5.75 Å². The average Bonchev–Trinajstić information content (AvgIpc) is 2.49. The highest BCUT2D eigenvalue weighted by atomic mass is 79.9. The molecule has 21 heavy (non-hydrogen) atoms. The molecular formula is C17H17BrO3. The molecule has 0 radical (unpaired) electrons. The summed E-state index contributed by atoms with van der Waals surface area (Å²) in [5, 5.41) is 9.81. The van der Waals surface area contributed by atoms with Crippen molar-refractivity contribution in [3.63, 3.8) is 0 Å². The van der Waals surface area contributed by atoms with Crippen molar-refractivity contribution in [1.29, 1.82) is 0 Å². The number of hydrogen-bond acceptors (Lipinski definition) is 3. The van der Waals surface area contributed by atoms with Gasteiger partial charge in [0.2, 0.25) is 0 Å². The molecule has 0 aromatic heterocycles. The van der Waals surface area contributed by atoms with Crippen LogP contribution in [0.4, 0.5) is 0 Å². The second-order valence-electron chi connectivity index (χ2n) is 4.69. The standard InChI is InChI=1S/C17H17BrO3/c1-2-21-17(20)13-6-3-12(4-7-13)5-8-14-11-15(18)9-10-16(14)19/h3-4,6-7,9-11,19H,2,5,8H2,1H3. The molecule has 0 bridgehead atoms. The van der Waals surface area contributed by atoms with Crippen LogP contribution in [0, 0.1) is 0 Å². The zero-order chi connectivity index (χ0) is 15.2. The quantitative estimate of drug-likeness (QED) is 0.826. The Balaban J connectivity index is 2.00. The molecule has 110 valence electrons. The topological polar surface area (TPSA) is 46.5 Å². The molecule has 2 rings (SSSR count). The number of carbonyl (C=O) groups is 1. The second kappa shape index (κ2) is 7.27. The Morgan fingerprint density at radius 1 is 1.14 bits per heavy atom. The molecule has 0 saturated carbocycles. The molecule has 0 fully saturated rings. The molecule has 3 nitrogen and oxygen atoms in total. The van der Waals surface area contributed by atoms with E-state index in [0.717, 1.165) is 28.4 Å². The van der Waals surface area contributed by atoms with Gasteiger partial charge < -0.3 is 9.84 Å². The summed E-state index contributed by atoms with van der Waals surface area (Å²) in [4.78, 5) is 11.6. The van der Waals surface area contributed by atoms with E-state index >= 15 is 0 Å². The van der Waals surface area contributed by atoms with E-state index in [1.54, 1.807) is 25.1 Å². The van der Waals surface area contributed by atoms with Crippen LogP contribution in [-0.4, -0.2) is 17.7 Å². The van der Waals surface area contributed by atoms with E-state index in [-0.39, 0.29) is 5.97 Å². The molecule has 1 N–H and O–H groups in total. The van der Waals surface area contributed by atoms with Crippen molar-refractivity contribution in [3.05, 3.63) is 63.6 Å². The summed E-state index contributed by atoms with van der Waals surface area (Å²) in [6.45, 7) is 2.17. The molecule has 2 aromatic carbocycles. The van der Waals surface area contributed by atoms with Crippen LogP contribution in [0.2, 0.25) is 0 Å². The maximum absolute atomic E-state index is 11.6. The number of benzene rings is 2. The van der Waals surface area contributed by atoms with Crippen LogP contribution in [0.5, 0.6) is 5.75 Å². The Morgan fingerprint density at radius 3 is 2.52 bits per heavy atom. The maximum Gasteiger partial charge on any atom is 0.338 e. The summed E-state index contributed by atoms with van der Waals surface area (Å²) in [5.74, 6) is 0.00929. The van der Waals surface area contributed by atoms with Crippen molar-refractivity contribution in [1.82, 2.24) is 0 Å². The van der Waals surface area contributed by atoms with E-state index in [9.17, 15) is 9.90 Å². The third kappa shape index (κ3) is 4.33. The molecular weight excluding hydrogens is 332 g/mol. The summed E-state index contributed by atoms with van der Waals surface area (Å²) in [7, 11) is 0. The monoisotopic (exact) mass is 348 g/mol. The van der Waals surface area contributed by atoms with E-state index in [0.29, 0.717) is 17.9 Å². The second-order valence-corrected chi connectivity index (χ2v) is 5.61. The van der Waals surface area contributed by atoms with E-state index < -0.39 is 0 Å². The van der Waals surface area contributed by atoms with Gasteiger partial charge in [0.15, 0.2) is 0 Å². The largest absolute Gasteiger partial charge is 0.508 e. The summed E-state index contributed by atoms with van der Waals surface area (Å²) in [5.41, 5.74) is 2.58. The molecule has 0 atom stereocenters. The Hall–Kier alpha value is -1.81. The van der Waals surface area contributed by atoms with E-state index in [1.807, 2.05) is 24.3 Å². The Morgan fingerprint density at radius 2 is 1.86 bits per heavy atom. The van der Waals surface area contributed by atoms with Crippen molar-refractivity contribution >= 4 is 21.9 Å². The fraction of sp³-hybridized carbons (Fsp3) is 0.235. The number of aryl methyl sites for hydroxylation is 2. The zero-order valence-electron chi connectivity index (χ0n) is 11.8. The minimum absolute atomic E-state index is 0.298. The summed E-state index contributed by atoms with van der Waals surface area (Å²) in [6, 6.07) is 12.8. The van der Waals surface area contributed by atoms with Crippen LogP contribution in [0.1, 0.15) is 28.4 Å². The first-order chi connectivity index (χ1) is 10.1. The highest BCUT2D eigenvalue weighted by Gasteiger charge is 2.06. The lowest BCUT2D eigenvalue weighted by Gasteiger charge is -2.06. The van der Waals surface area contributed by atoms with Crippen LogP contribution < -0.4 is 0 Å². The molecule has 0 aliphatic carbocycles. The Bertz CT molecular complexity index is 620. The van der Waals surface area contributed by atoms with Crippen LogP contribution >= 0.6 is 15.9 Å². The molecule has 0 unspecified atom stereocenters. The molecule has 4 heteroatoms. The number of esters is 1. The van der Waals surface area contributed by atoms with Gasteiger partial charge in [0, 0.05) is 4.47 Å². The Kier molecular flexibility index (Phi) is 5.39. The first-order valence-electron chi connectivity index (χ1n) is 6.83. The van der Waals surface area contributed by atoms with Gasteiger partial charge in [-0.15, -0.1) is 0 Å². The number of aromatic hydroxyl groups is 1. The van der Waals surface area contributed by atoms with Gasteiger partial charge in [0.25, 0.3) is 0 Å². The fourth-order valence-electron chi connectivity index (χ4n) is 2.06. The van der Waals surface area contributed by atoms with E-state index in [2.05, 4.69) is 15.9 Å². The predicted molar refractivity (Wildman–Crippen MR) is 85.6 cm³/mol. The first-order valence-corrected chi connectivity index (χ1v) is 7.63. The Labute approximate surface area is 132 Å². The van der Waals surface area contributed by atoms with Crippen molar-refractivity contribution in [2.24, 2.45) is 0 Å². The first kappa shape index (κ1) is 15.6. The van der Waals surface area contributed by atoms with Gasteiger partial charge >= 0.3 is 5.97 Å².